The minimum atomic E-state index is -0.209. The fourth-order valence-electron chi connectivity index (χ4n) is 1.54. The molecule has 1 aliphatic rings. The Hall–Kier alpha value is -0.570. The maximum absolute atomic E-state index is 12.9. The van der Waals surface area contributed by atoms with Gasteiger partial charge in [0.05, 0.1) is 6.61 Å². The van der Waals surface area contributed by atoms with E-state index >= 15 is 0 Å². The number of hydrogen-bond donors (Lipinski definition) is 0. The molecule has 0 spiro atoms. The first-order valence-corrected chi connectivity index (χ1v) is 6.39. The predicted octanol–water partition coefficient (Wildman–Crippen LogP) is 3.90. The zero-order valence-electron chi connectivity index (χ0n) is 8.51. The first-order valence-electron chi connectivity index (χ1n) is 5.27. The average molecular weight is 273 g/mol. The summed E-state index contributed by atoms with van der Waals surface area (Å²) in [6.07, 6.45) is 3.81. The fourth-order valence-corrected chi connectivity index (χ4v) is 1.97. The molecule has 0 aromatic heterocycles. The van der Waals surface area contributed by atoms with Crippen LogP contribution >= 0.6 is 15.9 Å². The van der Waals surface area contributed by atoms with Crippen molar-refractivity contribution in [2.75, 3.05) is 6.61 Å². The second-order valence-corrected chi connectivity index (χ2v) is 4.53. The van der Waals surface area contributed by atoms with E-state index in [1.165, 1.54) is 25.0 Å². The zero-order valence-corrected chi connectivity index (χ0v) is 10.1. The van der Waals surface area contributed by atoms with E-state index in [1.54, 1.807) is 6.07 Å². The van der Waals surface area contributed by atoms with Gasteiger partial charge in [0.25, 0.3) is 0 Å². The van der Waals surface area contributed by atoms with Gasteiger partial charge in [0.2, 0.25) is 0 Å². The molecule has 0 atom stereocenters. The predicted molar refractivity (Wildman–Crippen MR) is 61.9 cm³/mol. The van der Waals surface area contributed by atoms with Crippen LogP contribution in [0.3, 0.4) is 0 Å². The smallest absolute Gasteiger partial charge is 0.123 e. The molecule has 0 bridgehead atoms. The third kappa shape index (κ3) is 3.20. The Kier molecular flexibility index (Phi) is 3.62. The second kappa shape index (κ2) is 4.97. The van der Waals surface area contributed by atoms with Crippen molar-refractivity contribution in [2.24, 2.45) is 5.92 Å². The normalized spacial score (nSPS) is 15.3. The number of rotatable bonds is 5. The first kappa shape index (κ1) is 10.9. The van der Waals surface area contributed by atoms with E-state index in [2.05, 4.69) is 15.9 Å². The van der Waals surface area contributed by atoms with Crippen LogP contribution in [-0.4, -0.2) is 6.61 Å². The molecule has 15 heavy (non-hydrogen) atoms. The molecule has 1 fully saturated rings. The van der Waals surface area contributed by atoms with E-state index in [0.29, 0.717) is 5.33 Å². The lowest BCUT2D eigenvalue weighted by atomic mass is 10.2. The van der Waals surface area contributed by atoms with Gasteiger partial charge < -0.3 is 4.74 Å². The average Bonchev–Trinajstić information content (AvgIpc) is 3.04. The Balaban J connectivity index is 1.92. The lowest BCUT2D eigenvalue weighted by Crippen LogP contribution is -2.00. The van der Waals surface area contributed by atoms with Crippen molar-refractivity contribution >= 4 is 15.9 Å². The highest BCUT2D eigenvalue weighted by atomic mass is 79.9. The summed E-state index contributed by atoms with van der Waals surface area (Å²) < 4.78 is 18.6. The quantitative estimate of drug-likeness (QED) is 0.739. The summed E-state index contributed by atoms with van der Waals surface area (Å²) in [6, 6.07) is 4.67. The van der Waals surface area contributed by atoms with Crippen molar-refractivity contribution in [3.05, 3.63) is 29.6 Å². The highest BCUT2D eigenvalue weighted by molar-refractivity contribution is 9.08. The van der Waals surface area contributed by atoms with Gasteiger partial charge in [0, 0.05) is 10.9 Å². The number of alkyl halides is 1. The summed E-state index contributed by atoms with van der Waals surface area (Å²) in [5, 5.41) is 0.628. The maximum atomic E-state index is 12.9. The molecule has 1 nitrogen and oxygen atoms in total. The molecule has 0 radical (unpaired) electrons. The topological polar surface area (TPSA) is 9.23 Å². The van der Waals surface area contributed by atoms with Crippen molar-refractivity contribution < 1.29 is 9.13 Å². The van der Waals surface area contributed by atoms with Gasteiger partial charge in [-0.2, -0.15) is 0 Å². The third-order valence-corrected chi connectivity index (χ3v) is 3.25. The molecule has 0 aliphatic heterocycles. The van der Waals surface area contributed by atoms with Gasteiger partial charge in [-0.25, -0.2) is 4.39 Å². The molecular formula is C12H14BrFO. The van der Waals surface area contributed by atoms with Crippen LogP contribution in [0.4, 0.5) is 4.39 Å². The Bertz CT molecular complexity index is 336. The van der Waals surface area contributed by atoms with Crippen LogP contribution < -0.4 is 4.74 Å². The minimum Gasteiger partial charge on any atom is -0.493 e. The van der Waals surface area contributed by atoms with Crippen LogP contribution in [0.5, 0.6) is 5.75 Å². The van der Waals surface area contributed by atoms with Crippen molar-refractivity contribution in [3.63, 3.8) is 0 Å². The van der Waals surface area contributed by atoms with E-state index in [0.717, 1.165) is 30.3 Å². The third-order valence-electron chi connectivity index (χ3n) is 2.65. The SMILES string of the molecule is Fc1ccc(OCCC2CC2)c(CBr)c1. The van der Waals surface area contributed by atoms with Gasteiger partial charge in [0.1, 0.15) is 11.6 Å². The molecule has 1 aromatic rings. The van der Waals surface area contributed by atoms with Crippen molar-refractivity contribution in [1.29, 1.82) is 0 Å². The second-order valence-electron chi connectivity index (χ2n) is 3.97. The summed E-state index contributed by atoms with van der Waals surface area (Å²) in [7, 11) is 0. The molecule has 2 rings (SSSR count). The van der Waals surface area contributed by atoms with Gasteiger partial charge in [-0.1, -0.05) is 28.8 Å². The lowest BCUT2D eigenvalue weighted by Gasteiger charge is -2.09. The molecule has 0 unspecified atom stereocenters. The summed E-state index contributed by atoms with van der Waals surface area (Å²) in [5.41, 5.74) is 0.880. The Morgan fingerprint density at radius 3 is 2.87 bits per heavy atom. The van der Waals surface area contributed by atoms with Crippen molar-refractivity contribution in [3.8, 4) is 5.75 Å². The van der Waals surface area contributed by atoms with Gasteiger partial charge in [0.15, 0.2) is 0 Å². The van der Waals surface area contributed by atoms with Gasteiger partial charge >= 0.3 is 0 Å². The molecule has 0 saturated heterocycles. The van der Waals surface area contributed by atoms with Crippen LogP contribution in [0.2, 0.25) is 0 Å². The minimum absolute atomic E-state index is 0.209. The molecule has 0 N–H and O–H groups in total. The molecule has 1 saturated carbocycles. The van der Waals surface area contributed by atoms with Crippen LogP contribution in [0, 0.1) is 11.7 Å². The number of hydrogen-bond acceptors (Lipinski definition) is 1. The first-order chi connectivity index (χ1) is 7.29. The van der Waals surface area contributed by atoms with Crippen molar-refractivity contribution in [1.82, 2.24) is 0 Å². The van der Waals surface area contributed by atoms with Gasteiger partial charge in [-0.05, 0) is 30.5 Å². The standard InChI is InChI=1S/C12H14BrFO/c13-8-10-7-11(14)3-4-12(10)15-6-5-9-1-2-9/h3-4,7,9H,1-2,5-6,8H2. The summed E-state index contributed by atoms with van der Waals surface area (Å²) in [4.78, 5) is 0. The number of benzene rings is 1. The van der Waals surface area contributed by atoms with E-state index < -0.39 is 0 Å². The summed E-state index contributed by atoms with van der Waals surface area (Å²) >= 11 is 3.33. The molecule has 0 heterocycles. The lowest BCUT2D eigenvalue weighted by molar-refractivity contribution is 0.300. The number of ether oxygens (including phenoxy) is 1. The largest absolute Gasteiger partial charge is 0.493 e. The Labute approximate surface area is 97.8 Å². The molecule has 0 amide bonds. The van der Waals surface area contributed by atoms with Crippen molar-refractivity contribution in [2.45, 2.75) is 24.6 Å². The Morgan fingerprint density at radius 1 is 1.40 bits per heavy atom. The highest BCUT2D eigenvalue weighted by Crippen LogP contribution is 2.32. The van der Waals surface area contributed by atoms with Crippen LogP contribution in [0.15, 0.2) is 18.2 Å². The van der Waals surface area contributed by atoms with E-state index in [-0.39, 0.29) is 5.82 Å². The number of halogens is 2. The maximum Gasteiger partial charge on any atom is 0.123 e. The van der Waals surface area contributed by atoms with Gasteiger partial charge in [-0.3, -0.25) is 0 Å². The molecular weight excluding hydrogens is 259 g/mol. The van der Waals surface area contributed by atoms with Crippen LogP contribution in [-0.2, 0) is 5.33 Å². The van der Waals surface area contributed by atoms with Gasteiger partial charge in [-0.15, -0.1) is 0 Å². The van der Waals surface area contributed by atoms with Crippen LogP contribution in [0.25, 0.3) is 0 Å². The molecule has 1 aliphatic carbocycles. The fraction of sp³-hybridized carbons (Fsp3) is 0.500. The highest BCUT2D eigenvalue weighted by Gasteiger charge is 2.20. The van der Waals surface area contributed by atoms with Crippen LogP contribution in [0.1, 0.15) is 24.8 Å². The molecule has 1 aromatic carbocycles. The van der Waals surface area contributed by atoms with E-state index in [1.807, 2.05) is 0 Å². The van der Waals surface area contributed by atoms with E-state index in [9.17, 15) is 4.39 Å². The Morgan fingerprint density at radius 2 is 2.20 bits per heavy atom. The zero-order chi connectivity index (χ0) is 10.7. The van der Waals surface area contributed by atoms with E-state index in [4.69, 9.17) is 4.74 Å². The molecule has 3 heteroatoms. The summed E-state index contributed by atoms with van der Waals surface area (Å²) in [5.74, 6) is 1.46. The molecule has 82 valence electrons. The monoisotopic (exact) mass is 272 g/mol. The summed E-state index contributed by atoms with van der Waals surface area (Å²) in [6.45, 7) is 0.746.